The molecule has 11 heteroatoms. The second-order valence-electron chi connectivity index (χ2n) is 7.35. The summed E-state index contributed by atoms with van der Waals surface area (Å²) in [7, 11) is 6.01. The molecule has 0 aliphatic rings. The van der Waals surface area contributed by atoms with Crippen molar-refractivity contribution in [2.45, 2.75) is 6.42 Å². The number of ether oxygens (including phenoxy) is 4. The van der Waals surface area contributed by atoms with Gasteiger partial charge in [0.25, 0.3) is 0 Å². The van der Waals surface area contributed by atoms with E-state index >= 15 is 0 Å². The first-order chi connectivity index (χ1) is 16.9. The monoisotopic (exact) mass is 497 g/mol. The Morgan fingerprint density at radius 1 is 1.00 bits per heavy atom. The molecular formula is C24H23N3O7S. The molecule has 35 heavy (non-hydrogen) atoms. The number of aromatic carboxylic acids is 1. The molecule has 0 aliphatic heterocycles. The van der Waals surface area contributed by atoms with Gasteiger partial charge in [0.1, 0.15) is 11.5 Å². The number of amides is 1. The number of anilines is 1. The van der Waals surface area contributed by atoms with Crippen LogP contribution in [0.1, 0.15) is 16.1 Å². The number of nitrogens with one attached hydrogen (secondary N) is 1. The highest BCUT2D eigenvalue weighted by atomic mass is 32.1. The van der Waals surface area contributed by atoms with E-state index in [2.05, 4.69) is 10.3 Å². The van der Waals surface area contributed by atoms with Crippen molar-refractivity contribution < 1.29 is 33.6 Å². The van der Waals surface area contributed by atoms with Crippen LogP contribution in [0.4, 0.5) is 5.69 Å². The molecule has 2 aromatic heterocycles. The van der Waals surface area contributed by atoms with Gasteiger partial charge in [-0.1, -0.05) is 0 Å². The molecule has 2 heterocycles. The van der Waals surface area contributed by atoms with E-state index in [4.69, 9.17) is 18.9 Å². The predicted octanol–water partition coefficient (Wildman–Crippen LogP) is 3.98. The zero-order chi connectivity index (χ0) is 25.1. The Kier molecular flexibility index (Phi) is 6.78. The van der Waals surface area contributed by atoms with E-state index in [1.807, 2.05) is 22.0 Å². The molecule has 2 aromatic carbocycles. The number of hydrogen-bond donors (Lipinski definition) is 2. The highest BCUT2D eigenvalue weighted by Gasteiger charge is 2.20. The summed E-state index contributed by atoms with van der Waals surface area (Å²) >= 11 is 1.39. The van der Waals surface area contributed by atoms with E-state index in [0.717, 1.165) is 5.56 Å². The van der Waals surface area contributed by atoms with Gasteiger partial charge in [0.05, 0.1) is 51.8 Å². The van der Waals surface area contributed by atoms with E-state index < -0.39 is 11.9 Å². The van der Waals surface area contributed by atoms with Crippen LogP contribution in [0, 0.1) is 0 Å². The number of aromatic nitrogens is 2. The Hall–Kier alpha value is -4.25. The maximum Gasteiger partial charge on any atom is 0.337 e. The number of fused-ring (bicyclic) bond motifs is 1. The average molecular weight is 498 g/mol. The number of benzene rings is 2. The van der Waals surface area contributed by atoms with Gasteiger partial charge in [-0.05, 0) is 18.2 Å². The molecule has 4 aromatic rings. The second-order valence-corrected chi connectivity index (χ2v) is 8.19. The molecule has 2 N–H and O–H groups in total. The van der Waals surface area contributed by atoms with Crippen molar-refractivity contribution in [1.29, 1.82) is 0 Å². The van der Waals surface area contributed by atoms with Gasteiger partial charge in [-0.3, -0.25) is 9.20 Å². The number of carbonyl (C=O) groups excluding carboxylic acids is 1. The van der Waals surface area contributed by atoms with Gasteiger partial charge in [-0.25, -0.2) is 9.78 Å². The Labute approximate surface area is 204 Å². The number of thiazole rings is 1. The fourth-order valence-electron chi connectivity index (χ4n) is 3.62. The molecule has 0 saturated heterocycles. The lowest BCUT2D eigenvalue weighted by atomic mass is 10.1. The Morgan fingerprint density at radius 3 is 2.37 bits per heavy atom. The third-order valence-electron chi connectivity index (χ3n) is 5.34. The van der Waals surface area contributed by atoms with Crippen molar-refractivity contribution in [2.75, 3.05) is 33.8 Å². The fourth-order valence-corrected chi connectivity index (χ4v) is 4.49. The van der Waals surface area contributed by atoms with Gasteiger partial charge in [-0.15, -0.1) is 11.3 Å². The molecular weight excluding hydrogens is 474 g/mol. The Morgan fingerprint density at radius 2 is 1.71 bits per heavy atom. The summed E-state index contributed by atoms with van der Waals surface area (Å²) < 4.78 is 23.0. The maximum absolute atomic E-state index is 12.9. The van der Waals surface area contributed by atoms with Gasteiger partial charge in [0, 0.05) is 35.0 Å². The third kappa shape index (κ3) is 4.71. The first-order valence-corrected chi connectivity index (χ1v) is 11.2. The average Bonchev–Trinajstić information content (AvgIpc) is 3.44. The highest BCUT2D eigenvalue weighted by Crippen LogP contribution is 2.35. The van der Waals surface area contributed by atoms with E-state index in [1.165, 1.54) is 37.7 Å². The van der Waals surface area contributed by atoms with Crippen LogP contribution in [0.3, 0.4) is 0 Å². The standard InChI is InChI=1S/C24H23N3O7S/c1-31-14-5-6-19(32-2)15(8-14)18-11-27-13(12-35-24(27)26-18)7-22(28)25-17-10-21(34-4)20(33-3)9-16(17)23(29)30/h5-6,8-12H,7H2,1-4H3,(H,25,28)(H,29,30). The molecule has 0 atom stereocenters. The van der Waals surface area contributed by atoms with Crippen LogP contribution >= 0.6 is 11.3 Å². The zero-order valence-electron chi connectivity index (χ0n) is 19.4. The number of methoxy groups -OCH3 is 4. The Bertz CT molecular complexity index is 1410. The molecule has 0 radical (unpaired) electrons. The van der Waals surface area contributed by atoms with E-state index in [1.54, 1.807) is 26.4 Å². The van der Waals surface area contributed by atoms with Gasteiger partial charge in [-0.2, -0.15) is 0 Å². The molecule has 10 nitrogen and oxygen atoms in total. The number of carbonyl (C=O) groups is 2. The summed E-state index contributed by atoms with van der Waals surface area (Å²) in [6.45, 7) is 0. The highest BCUT2D eigenvalue weighted by molar-refractivity contribution is 7.15. The molecule has 0 aliphatic carbocycles. The summed E-state index contributed by atoms with van der Waals surface area (Å²) in [6.07, 6.45) is 1.82. The van der Waals surface area contributed by atoms with Crippen LogP contribution in [0.2, 0.25) is 0 Å². The molecule has 0 bridgehead atoms. The van der Waals surface area contributed by atoms with Crippen LogP contribution < -0.4 is 24.3 Å². The van der Waals surface area contributed by atoms with Crippen molar-refractivity contribution in [3.8, 4) is 34.3 Å². The van der Waals surface area contributed by atoms with Crippen molar-refractivity contribution in [2.24, 2.45) is 0 Å². The number of nitrogens with zero attached hydrogens (tertiary/aromatic N) is 2. The SMILES string of the molecule is COc1ccc(OC)c(-c2cn3c(CC(=O)Nc4cc(OC)c(OC)cc4C(=O)O)csc3n2)c1. The lowest BCUT2D eigenvalue weighted by Crippen LogP contribution is -2.17. The van der Waals surface area contributed by atoms with E-state index in [0.29, 0.717) is 33.6 Å². The summed E-state index contributed by atoms with van der Waals surface area (Å²) in [6, 6.07) is 8.17. The smallest absolute Gasteiger partial charge is 0.337 e. The molecule has 1 amide bonds. The van der Waals surface area contributed by atoms with E-state index in [9.17, 15) is 14.7 Å². The summed E-state index contributed by atoms with van der Waals surface area (Å²) in [5, 5.41) is 14.1. The number of carboxylic acids is 1. The van der Waals surface area contributed by atoms with Crippen LogP contribution in [0.15, 0.2) is 41.9 Å². The third-order valence-corrected chi connectivity index (χ3v) is 6.22. The first-order valence-electron chi connectivity index (χ1n) is 10.4. The minimum absolute atomic E-state index is 0.00154. The van der Waals surface area contributed by atoms with Crippen LogP contribution in [0.25, 0.3) is 16.2 Å². The molecule has 182 valence electrons. The van der Waals surface area contributed by atoms with Crippen molar-refractivity contribution in [1.82, 2.24) is 9.38 Å². The summed E-state index contributed by atoms with van der Waals surface area (Å²) in [5.41, 5.74) is 2.12. The minimum atomic E-state index is -1.20. The fraction of sp³-hybridized carbons (Fsp3) is 0.208. The zero-order valence-corrected chi connectivity index (χ0v) is 20.3. The molecule has 0 spiro atoms. The quantitative estimate of drug-likeness (QED) is 0.356. The molecule has 0 unspecified atom stereocenters. The van der Waals surface area contributed by atoms with Crippen LogP contribution in [-0.4, -0.2) is 54.8 Å². The normalized spacial score (nSPS) is 10.7. The topological polar surface area (TPSA) is 121 Å². The number of carboxylic acid groups (broad SMARTS) is 1. The maximum atomic E-state index is 12.9. The van der Waals surface area contributed by atoms with Gasteiger partial charge >= 0.3 is 5.97 Å². The lowest BCUT2D eigenvalue weighted by molar-refractivity contribution is -0.115. The molecule has 0 fully saturated rings. The molecule has 4 rings (SSSR count). The summed E-state index contributed by atoms with van der Waals surface area (Å²) in [4.78, 5) is 30.0. The number of hydrogen-bond acceptors (Lipinski definition) is 8. The van der Waals surface area contributed by atoms with Gasteiger partial charge in [0.15, 0.2) is 16.5 Å². The molecule has 0 saturated carbocycles. The first kappa shape index (κ1) is 23.9. The van der Waals surface area contributed by atoms with Crippen molar-refractivity contribution in [3.63, 3.8) is 0 Å². The van der Waals surface area contributed by atoms with Crippen LogP contribution in [-0.2, 0) is 11.2 Å². The lowest BCUT2D eigenvalue weighted by Gasteiger charge is -2.13. The van der Waals surface area contributed by atoms with Crippen LogP contribution in [0.5, 0.6) is 23.0 Å². The van der Waals surface area contributed by atoms with Gasteiger partial charge in [0.2, 0.25) is 5.91 Å². The second kappa shape index (κ2) is 9.94. The minimum Gasteiger partial charge on any atom is -0.497 e. The van der Waals surface area contributed by atoms with Crippen molar-refractivity contribution in [3.05, 3.63) is 53.2 Å². The summed E-state index contributed by atoms with van der Waals surface area (Å²) in [5.74, 6) is 0.268. The number of rotatable bonds is 9. The van der Waals surface area contributed by atoms with Crippen molar-refractivity contribution >= 4 is 33.9 Å². The van der Waals surface area contributed by atoms with Gasteiger partial charge < -0.3 is 29.4 Å². The largest absolute Gasteiger partial charge is 0.497 e. The number of imidazole rings is 1. The van der Waals surface area contributed by atoms with E-state index in [-0.39, 0.29) is 23.4 Å². The predicted molar refractivity (Wildman–Crippen MR) is 130 cm³/mol. The Balaban J connectivity index is 1.62.